The summed E-state index contributed by atoms with van der Waals surface area (Å²) in [4.78, 5) is 36.1. The van der Waals surface area contributed by atoms with E-state index in [4.69, 9.17) is 9.47 Å². The van der Waals surface area contributed by atoms with Crippen molar-refractivity contribution in [2.24, 2.45) is 0 Å². The van der Waals surface area contributed by atoms with Crippen molar-refractivity contribution in [3.8, 4) is 11.5 Å². The van der Waals surface area contributed by atoms with Gasteiger partial charge in [0.1, 0.15) is 17.5 Å². The number of benzene rings is 2. The van der Waals surface area contributed by atoms with Crippen LogP contribution in [0.2, 0.25) is 0 Å². The van der Waals surface area contributed by atoms with Crippen molar-refractivity contribution < 1.29 is 23.9 Å². The van der Waals surface area contributed by atoms with E-state index in [0.29, 0.717) is 23.8 Å². The molecule has 0 heterocycles. The summed E-state index contributed by atoms with van der Waals surface area (Å²) in [5, 5.41) is 5.08. The van der Waals surface area contributed by atoms with Crippen molar-refractivity contribution in [3.05, 3.63) is 54.6 Å². The standard InChI is InChI=1S/C21H26N4O5/c1-4-29-17-10-12-18(13-11-17)30-15(3)20(27)25-24-19(26)14(2)22-21(28)23-16-8-6-5-7-9-16/h5-15H,4H2,1-3H3,(H,24,26)(H,25,27)(H2,22,23,28)/t14-,15+/m0/s1. The van der Waals surface area contributed by atoms with Crippen LogP contribution in [-0.2, 0) is 9.59 Å². The van der Waals surface area contributed by atoms with Gasteiger partial charge >= 0.3 is 6.03 Å². The molecule has 0 saturated heterocycles. The van der Waals surface area contributed by atoms with Crippen LogP contribution in [0.5, 0.6) is 11.5 Å². The van der Waals surface area contributed by atoms with Crippen molar-refractivity contribution in [1.82, 2.24) is 16.2 Å². The Bertz CT molecular complexity index is 842. The molecule has 2 rings (SSSR count). The van der Waals surface area contributed by atoms with Crippen LogP contribution in [0.15, 0.2) is 54.6 Å². The molecule has 0 unspecified atom stereocenters. The Balaban J connectivity index is 1.74. The number of anilines is 1. The zero-order valence-corrected chi connectivity index (χ0v) is 17.1. The average molecular weight is 414 g/mol. The normalized spacial score (nSPS) is 12.1. The summed E-state index contributed by atoms with van der Waals surface area (Å²) in [6.45, 7) is 5.48. The van der Waals surface area contributed by atoms with Crippen LogP contribution in [0.3, 0.4) is 0 Å². The fourth-order valence-corrected chi connectivity index (χ4v) is 2.32. The van der Waals surface area contributed by atoms with E-state index in [0.717, 1.165) is 0 Å². The van der Waals surface area contributed by atoms with Crippen LogP contribution in [0.1, 0.15) is 20.8 Å². The molecule has 0 aliphatic carbocycles. The van der Waals surface area contributed by atoms with E-state index in [2.05, 4.69) is 21.5 Å². The Hall–Kier alpha value is -3.75. The van der Waals surface area contributed by atoms with E-state index < -0.39 is 30.0 Å². The van der Waals surface area contributed by atoms with Gasteiger partial charge in [0.15, 0.2) is 6.10 Å². The van der Waals surface area contributed by atoms with Crippen LogP contribution in [0, 0.1) is 0 Å². The summed E-state index contributed by atoms with van der Waals surface area (Å²) >= 11 is 0. The second-order valence-corrected chi connectivity index (χ2v) is 6.33. The number of para-hydroxylation sites is 1. The minimum atomic E-state index is -0.878. The molecule has 0 aliphatic heterocycles. The summed E-state index contributed by atoms with van der Waals surface area (Å²) in [6.07, 6.45) is -0.854. The minimum Gasteiger partial charge on any atom is -0.494 e. The SMILES string of the molecule is CCOc1ccc(O[C@H](C)C(=O)NNC(=O)[C@H](C)NC(=O)Nc2ccccc2)cc1. The number of hydrogen-bond donors (Lipinski definition) is 4. The minimum absolute atomic E-state index is 0.486. The molecule has 30 heavy (non-hydrogen) atoms. The largest absolute Gasteiger partial charge is 0.494 e. The zero-order chi connectivity index (χ0) is 21.9. The van der Waals surface area contributed by atoms with Crippen LogP contribution in [0.4, 0.5) is 10.5 Å². The predicted molar refractivity (Wildman–Crippen MR) is 112 cm³/mol. The van der Waals surface area contributed by atoms with Gasteiger partial charge in [-0.15, -0.1) is 0 Å². The molecule has 160 valence electrons. The number of hydrogen-bond acceptors (Lipinski definition) is 5. The number of amides is 4. The van der Waals surface area contributed by atoms with Gasteiger partial charge in [-0.25, -0.2) is 4.79 Å². The zero-order valence-electron chi connectivity index (χ0n) is 17.1. The first-order chi connectivity index (χ1) is 14.4. The lowest BCUT2D eigenvalue weighted by Crippen LogP contribution is -2.53. The van der Waals surface area contributed by atoms with Crippen molar-refractivity contribution in [2.45, 2.75) is 32.9 Å². The van der Waals surface area contributed by atoms with E-state index >= 15 is 0 Å². The third kappa shape index (κ3) is 7.34. The molecular weight excluding hydrogens is 388 g/mol. The van der Waals surface area contributed by atoms with E-state index in [1.165, 1.54) is 6.92 Å². The number of carbonyl (C=O) groups excluding carboxylic acids is 3. The number of urea groups is 1. The molecule has 0 aromatic heterocycles. The Labute approximate surface area is 175 Å². The van der Waals surface area contributed by atoms with Crippen LogP contribution in [-0.4, -0.2) is 36.6 Å². The Morgan fingerprint density at radius 2 is 1.47 bits per heavy atom. The van der Waals surface area contributed by atoms with Crippen LogP contribution < -0.4 is 31.0 Å². The lowest BCUT2D eigenvalue weighted by atomic mass is 10.3. The van der Waals surface area contributed by atoms with E-state index in [-0.39, 0.29) is 0 Å². The lowest BCUT2D eigenvalue weighted by molar-refractivity contribution is -0.133. The number of carbonyl (C=O) groups is 3. The summed E-state index contributed by atoms with van der Waals surface area (Å²) in [6, 6.07) is 14.2. The molecule has 0 radical (unpaired) electrons. The summed E-state index contributed by atoms with van der Waals surface area (Å²) < 4.78 is 10.9. The van der Waals surface area contributed by atoms with Gasteiger partial charge in [0.25, 0.3) is 11.8 Å². The number of nitrogens with one attached hydrogen (secondary N) is 4. The highest BCUT2D eigenvalue weighted by molar-refractivity contribution is 5.94. The van der Waals surface area contributed by atoms with Gasteiger partial charge < -0.3 is 20.1 Å². The molecule has 0 fully saturated rings. The lowest BCUT2D eigenvalue weighted by Gasteiger charge is -2.18. The molecule has 4 amide bonds. The van der Waals surface area contributed by atoms with Gasteiger partial charge in [-0.1, -0.05) is 18.2 Å². The Morgan fingerprint density at radius 3 is 2.10 bits per heavy atom. The van der Waals surface area contributed by atoms with Gasteiger partial charge in [-0.05, 0) is 57.2 Å². The summed E-state index contributed by atoms with van der Waals surface area (Å²) in [5.74, 6) is 0.0602. The molecule has 4 N–H and O–H groups in total. The van der Waals surface area contributed by atoms with Gasteiger partial charge in [0.2, 0.25) is 0 Å². The predicted octanol–water partition coefficient (Wildman–Crippen LogP) is 2.21. The molecule has 2 atom stereocenters. The molecule has 0 saturated carbocycles. The summed E-state index contributed by atoms with van der Waals surface area (Å²) in [5.41, 5.74) is 5.13. The van der Waals surface area contributed by atoms with Crippen LogP contribution in [0.25, 0.3) is 0 Å². The molecule has 2 aromatic carbocycles. The second kappa shape index (κ2) is 11.3. The average Bonchev–Trinajstić information content (AvgIpc) is 2.73. The number of hydrazine groups is 1. The number of rotatable bonds is 8. The molecule has 2 aromatic rings. The third-order valence-electron chi connectivity index (χ3n) is 3.90. The fraction of sp³-hybridized carbons (Fsp3) is 0.286. The van der Waals surface area contributed by atoms with Gasteiger partial charge in [-0.3, -0.25) is 20.4 Å². The van der Waals surface area contributed by atoms with Crippen molar-refractivity contribution in [3.63, 3.8) is 0 Å². The van der Waals surface area contributed by atoms with E-state index in [1.807, 2.05) is 13.0 Å². The molecule has 0 bridgehead atoms. The number of ether oxygens (including phenoxy) is 2. The Kier molecular flexibility index (Phi) is 8.49. The van der Waals surface area contributed by atoms with Gasteiger partial charge in [0.05, 0.1) is 6.61 Å². The smallest absolute Gasteiger partial charge is 0.319 e. The quantitative estimate of drug-likeness (QED) is 0.494. The highest BCUT2D eigenvalue weighted by atomic mass is 16.5. The second-order valence-electron chi connectivity index (χ2n) is 6.33. The van der Waals surface area contributed by atoms with Crippen LogP contribution >= 0.6 is 0 Å². The van der Waals surface area contributed by atoms with E-state index in [9.17, 15) is 14.4 Å². The molecule has 0 spiro atoms. The maximum absolute atomic E-state index is 12.1. The maximum atomic E-state index is 12.1. The first-order valence-electron chi connectivity index (χ1n) is 9.50. The highest BCUT2D eigenvalue weighted by Gasteiger charge is 2.19. The van der Waals surface area contributed by atoms with Crippen molar-refractivity contribution in [1.29, 1.82) is 0 Å². The molecule has 0 aliphatic rings. The molecule has 9 nitrogen and oxygen atoms in total. The van der Waals surface area contributed by atoms with Gasteiger partial charge in [-0.2, -0.15) is 0 Å². The third-order valence-corrected chi connectivity index (χ3v) is 3.90. The summed E-state index contributed by atoms with van der Waals surface area (Å²) in [7, 11) is 0. The topological polar surface area (TPSA) is 118 Å². The van der Waals surface area contributed by atoms with Crippen molar-refractivity contribution >= 4 is 23.5 Å². The maximum Gasteiger partial charge on any atom is 0.319 e. The fourth-order valence-electron chi connectivity index (χ4n) is 2.32. The highest BCUT2D eigenvalue weighted by Crippen LogP contribution is 2.18. The van der Waals surface area contributed by atoms with E-state index in [1.54, 1.807) is 55.5 Å². The Morgan fingerprint density at radius 1 is 0.867 bits per heavy atom. The molecular formula is C21H26N4O5. The van der Waals surface area contributed by atoms with Gasteiger partial charge in [0, 0.05) is 5.69 Å². The van der Waals surface area contributed by atoms with Crippen molar-refractivity contribution in [2.75, 3.05) is 11.9 Å². The first-order valence-corrected chi connectivity index (χ1v) is 9.50. The monoisotopic (exact) mass is 414 g/mol. The first kappa shape index (κ1) is 22.5. The molecule has 9 heteroatoms.